The highest BCUT2D eigenvalue weighted by molar-refractivity contribution is 5.53. The van der Waals surface area contributed by atoms with E-state index in [9.17, 15) is 0 Å². The number of benzene rings is 1. The molecule has 0 spiro atoms. The Morgan fingerprint density at radius 3 is 2.45 bits per heavy atom. The van der Waals surface area contributed by atoms with Crippen molar-refractivity contribution in [3.8, 4) is 0 Å². The van der Waals surface area contributed by atoms with E-state index in [1.807, 2.05) is 6.92 Å². The largest absolute Gasteiger partial charge is 0.424 e. The summed E-state index contributed by atoms with van der Waals surface area (Å²) in [5.74, 6) is 1.35. The molecule has 1 aliphatic heterocycles. The van der Waals surface area contributed by atoms with E-state index in [1.54, 1.807) is 0 Å². The molecule has 0 unspecified atom stereocenters. The van der Waals surface area contributed by atoms with Crippen molar-refractivity contribution in [2.75, 3.05) is 31.1 Å². The molecular weight excluding hydrogens is 252 g/mol. The molecule has 106 valence electrons. The third kappa shape index (κ3) is 2.82. The Morgan fingerprint density at radius 1 is 1.05 bits per heavy atom. The lowest BCUT2D eigenvalue weighted by molar-refractivity contribution is 0.225. The maximum absolute atomic E-state index is 5.44. The van der Waals surface area contributed by atoms with Gasteiger partial charge in [-0.1, -0.05) is 18.2 Å². The summed E-state index contributed by atoms with van der Waals surface area (Å²) in [6.07, 6.45) is 0. The molecule has 0 aliphatic carbocycles. The Balaban J connectivity index is 1.58. The van der Waals surface area contributed by atoms with Gasteiger partial charge in [0.15, 0.2) is 0 Å². The lowest BCUT2D eigenvalue weighted by Gasteiger charge is -2.36. The molecule has 1 aliphatic rings. The van der Waals surface area contributed by atoms with Crippen molar-refractivity contribution in [3.63, 3.8) is 0 Å². The minimum atomic E-state index is 0.638. The van der Waals surface area contributed by atoms with E-state index in [2.05, 4.69) is 51.2 Å². The lowest BCUT2D eigenvalue weighted by atomic mass is 10.1. The van der Waals surface area contributed by atoms with Gasteiger partial charge in [0.1, 0.15) is 0 Å². The van der Waals surface area contributed by atoms with Crippen LogP contribution in [0.5, 0.6) is 0 Å². The maximum Gasteiger partial charge on any atom is 0.230 e. The van der Waals surface area contributed by atoms with E-state index in [1.165, 1.54) is 11.3 Å². The van der Waals surface area contributed by atoms with Crippen LogP contribution in [-0.4, -0.2) is 41.3 Å². The summed E-state index contributed by atoms with van der Waals surface area (Å²) in [6, 6.07) is 8.57. The van der Waals surface area contributed by atoms with Gasteiger partial charge in [-0.2, -0.15) is 0 Å². The second-order valence-electron chi connectivity index (χ2n) is 5.26. The van der Waals surface area contributed by atoms with Crippen molar-refractivity contribution < 1.29 is 4.42 Å². The summed E-state index contributed by atoms with van der Waals surface area (Å²) in [4.78, 5) is 4.81. The van der Waals surface area contributed by atoms with Crippen molar-refractivity contribution in [3.05, 3.63) is 41.6 Å². The van der Waals surface area contributed by atoms with Gasteiger partial charge in [-0.3, -0.25) is 4.90 Å². The first-order valence-corrected chi connectivity index (χ1v) is 7.04. The van der Waals surface area contributed by atoms with Gasteiger partial charge in [0, 0.05) is 38.8 Å². The molecule has 1 aromatic heterocycles. The zero-order valence-electron chi connectivity index (χ0n) is 12.0. The summed E-state index contributed by atoms with van der Waals surface area (Å²) in [5, 5.41) is 7.93. The van der Waals surface area contributed by atoms with Crippen molar-refractivity contribution in [2.24, 2.45) is 0 Å². The minimum Gasteiger partial charge on any atom is -0.424 e. The summed E-state index contributed by atoms with van der Waals surface area (Å²) >= 11 is 0. The first-order chi connectivity index (χ1) is 9.72. The highest BCUT2D eigenvalue weighted by Gasteiger charge is 2.19. The second-order valence-corrected chi connectivity index (χ2v) is 5.26. The number of piperazine rings is 1. The van der Waals surface area contributed by atoms with Crippen molar-refractivity contribution in [2.45, 2.75) is 20.4 Å². The van der Waals surface area contributed by atoms with Crippen LogP contribution in [0.25, 0.3) is 0 Å². The van der Waals surface area contributed by atoms with Gasteiger partial charge in [0.05, 0.1) is 6.54 Å². The number of hydrogen-bond acceptors (Lipinski definition) is 5. The first-order valence-electron chi connectivity index (χ1n) is 7.04. The molecule has 0 amide bonds. The van der Waals surface area contributed by atoms with Gasteiger partial charge in [-0.15, -0.1) is 10.2 Å². The number of aromatic nitrogens is 2. The van der Waals surface area contributed by atoms with Gasteiger partial charge in [0.2, 0.25) is 11.8 Å². The van der Waals surface area contributed by atoms with Gasteiger partial charge in [0.25, 0.3) is 0 Å². The summed E-state index contributed by atoms with van der Waals surface area (Å²) < 4.78 is 5.44. The molecule has 1 aromatic carbocycles. The zero-order chi connectivity index (χ0) is 13.9. The highest BCUT2D eigenvalue weighted by Crippen LogP contribution is 2.21. The molecule has 5 nitrogen and oxygen atoms in total. The van der Waals surface area contributed by atoms with Crippen LogP contribution in [0.4, 0.5) is 5.69 Å². The highest BCUT2D eigenvalue weighted by atomic mass is 16.4. The normalized spacial score (nSPS) is 16.6. The zero-order valence-corrected chi connectivity index (χ0v) is 12.0. The molecule has 1 fully saturated rings. The third-order valence-corrected chi connectivity index (χ3v) is 3.76. The summed E-state index contributed by atoms with van der Waals surface area (Å²) in [7, 11) is 0. The predicted octanol–water partition coefficient (Wildman–Crippen LogP) is 2.01. The van der Waals surface area contributed by atoms with Crippen LogP contribution in [0.3, 0.4) is 0 Å². The van der Waals surface area contributed by atoms with Crippen molar-refractivity contribution >= 4 is 5.69 Å². The Labute approximate surface area is 119 Å². The number of nitrogens with zero attached hydrogens (tertiary/aromatic N) is 4. The van der Waals surface area contributed by atoms with Crippen molar-refractivity contribution in [1.82, 2.24) is 15.1 Å². The lowest BCUT2D eigenvalue weighted by Crippen LogP contribution is -2.46. The molecule has 0 atom stereocenters. The van der Waals surface area contributed by atoms with E-state index in [0.29, 0.717) is 11.8 Å². The molecule has 0 saturated carbocycles. The summed E-state index contributed by atoms with van der Waals surface area (Å²) in [6.45, 7) is 8.87. The molecule has 3 rings (SSSR count). The monoisotopic (exact) mass is 272 g/mol. The fourth-order valence-electron chi connectivity index (χ4n) is 2.66. The number of rotatable bonds is 3. The molecule has 2 aromatic rings. The van der Waals surface area contributed by atoms with E-state index < -0.39 is 0 Å². The Morgan fingerprint density at radius 2 is 1.80 bits per heavy atom. The van der Waals surface area contributed by atoms with E-state index in [0.717, 1.165) is 32.7 Å². The standard InChI is InChI=1S/C15H20N4O/c1-12-5-3-4-6-14(12)19-9-7-18(8-10-19)11-15-17-16-13(2)20-15/h3-6H,7-11H2,1-2H3. The van der Waals surface area contributed by atoms with Crippen LogP contribution in [0.15, 0.2) is 28.7 Å². The minimum absolute atomic E-state index is 0.638. The van der Waals surface area contributed by atoms with Gasteiger partial charge >= 0.3 is 0 Å². The van der Waals surface area contributed by atoms with Crippen LogP contribution >= 0.6 is 0 Å². The molecule has 2 heterocycles. The van der Waals surface area contributed by atoms with Gasteiger partial charge in [-0.05, 0) is 18.6 Å². The quantitative estimate of drug-likeness (QED) is 0.855. The Kier molecular flexibility index (Phi) is 3.69. The van der Waals surface area contributed by atoms with Crippen LogP contribution in [-0.2, 0) is 6.54 Å². The van der Waals surface area contributed by atoms with E-state index >= 15 is 0 Å². The molecular formula is C15H20N4O. The molecule has 5 heteroatoms. The average molecular weight is 272 g/mol. The van der Waals surface area contributed by atoms with Crippen LogP contribution < -0.4 is 4.90 Å². The number of hydrogen-bond donors (Lipinski definition) is 0. The maximum atomic E-state index is 5.44. The number of para-hydroxylation sites is 1. The van der Waals surface area contributed by atoms with Crippen LogP contribution in [0, 0.1) is 13.8 Å². The van der Waals surface area contributed by atoms with E-state index in [-0.39, 0.29) is 0 Å². The average Bonchev–Trinajstić information content (AvgIpc) is 2.86. The summed E-state index contributed by atoms with van der Waals surface area (Å²) in [5.41, 5.74) is 2.69. The SMILES string of the molecule is Cc1nnc(CN2CCN(c3ccccc3C)CC2)o1. The van der Waals surface area contributed by atoms with Gasteiger partial charge < -0.3 is 9.32 Å². The molecule has 0 N–H and O–H groups in total. The first kappa shape index (κ1) is 13.1. The Hall–Kier alpha value is -1.88. The second kappa shape index (κ2) is 5.63. The topological polar surface area (TPSA) is 45.4 Å². The molecule has 1 saturated heterocycles. The fraction of sp³-hybridized carbons (Fsp3) is 0.467. The smallest absolute Gasteiger partial charge is 0.230 e. The fourth-order valence-corrected chi connectivity index (χ4v) is 2.66. The van der Waals surface area contributed by atoms with Crippen LogP contribution in [0.2, 0.25) is 0 Å². The molecule has 0 bridgehead atoms. The van der Waals surface area contributed by atoms with Crippen LogP contribution in [0.1, 0.15) is 17.3 Å². The Bertz CT molecular complexity index is 573. The van der Waals surface area contributed by atoms with E-state index in [4.69, 9.17) is 4.42 Å². The molecule has 0 radical (unpaired) electrons. The van der Waals surface area contributed by atoms with Gasteiger partial charge in [-0.25, -0.2) is 0 Å². The molecule has 20 heavy (non-hydrogen) atoms. The van der Waals surface area contributed by atoms with Crippen molar-refractivity contribution in [1.29, 1.82) is 0 Å². The predicted molar refractivity (Wildman–Crippen MR) is 77.7 cm³/mol. The number of aryl methyl sites for hydroxylation is 2. The number of anilines is 1. The third-order valence-electron chi connectivity index (χ3n) is 3.76.